The molecule has 0 radical (unpaired) electrons. The van der Waals surface area contributed by atoms with E-state index in [1.807, 2.05) is 0 Å². The molecule has 0 saturated heterocycles. The Balaban J connectivity index is 0.874. The van der Waals surface area contributed by atoms with E-state index in [-0.39, 0.29) is 0 Å². The molecule has 56 heavy (non-hydrogen) atoms. The molecule has 10 saturated carbocycles. The van der Waals surface area contributed by atoms with Gasteiger partial charge in [0.25, 0.3) is 0 Å². The van der Waals surface area contributed by atoms with Crippen molar-refractivity contribution in [1.82, 2.24) is 9.80 Å². The zero-order chi connectivity index (χ0) is 37.3. The average molecular weight is 769 g/mol. The minimum atomic E-state index is 0.928. The largest absolute Gasteiger partial charge is 0.294 e. The van der Waals surface area contributed by atoms with E-state index in [4.69, 9.17) is 0 Å². The molecule has 0 aromatic carbocycles. The summed E-state index contributed by atoms with van der Waals surface area (Å²) in [5.74, 6) is 11.0. The fourth-order valence-electron chi connectivity index (χ4n) is 18.8. The van der Waals surface area contributed by atoms with Crippen LogP contribution in [0, 0.1) is 59.2 Å². The molecule has 2 heteroatoms. The van der Waals surface area contributed by atoms with E-state index < -0.39 is 0 Å². The van der Waals surface area contributed by atoms with Gasteiger partial charge in [0.05, 0.1) is 0 Å². The molecule has 10 aliphatic carbocycles. The van der Waals surface area contributed by atoms with Gasteiger partial charge in [-0.15, -0.1) is 0 Å². The van der Waals surface area contributed by atoms with Crippen molar-refractivity contribution >= 4 is 0 Å². The molecule has 0 bridgehead atoms. The Bertz CT molecular complexity index is 1040. The minimum Gasteiger partial charge on any atom is -0.294 e. The molecule has 318 valence electrons. The third kappa shape index (κ3) is 8.42. The van der Waals surface area contributed by atoms with Crippen LogP contribution < -0.4 is 0 Å². The third-order valence-corrected chi connectivity index (χ3v) is 21.0. The van der Waals surface area contributed by atoms with Crippen molar-refractivity contribution < 1.29 is 0 Å². The van der Waals surface area contributed by atoms with Gasteiger partial charge in [-0.25, -0.2) is 0 Å². The molecule has 10 rings (SSSR count). The van der Waals surface area contributed by atoms with Crippen molar-refractivity contribution in [3.8, 4) is 0 Å². The average Bonchev–Trinajstić information content (AvgIpc) is 3.28. The topological polar surface area (TPSA) is 6.48 Å². The molecule has 10 fully saturated rings. The summed E-state index contributed by atoms with van der Waals surface area (Å²) in [7, 11) is 0. The molecule has 0 heterocycles. The maximum atomic E-state index is 3.28. The lowest BCUT2D eigenvalue weighted by Crippen LogP contribution is -2.57. The quantitative estimate of drug-likeness (QED) is 0.243. The van der Waals surface area contributed by atoms with Gasteiger partial charge in [-0.05, 0) is 188 Å². The molecule has 0 amide bonds. The van der Waals surface area contributed by atoms with Crippen LogP contribution in [-0.2, 0) is 0 Å². The predicted octanol–water partition coefficient (Wildman–Crippen LogP) is 14.9. The van der Waals surface area contributed by atoms with Crippen LogP contribution in [0.5, 0.6) is 0 Å². The third-order valence-electron chi connectivity index (χ3n) is 21.0. The van der Waals surface area contributed by atoms with E-state index in [1.54, 1.807) is 116 Å². The summed E-state index contributed by atoms with van der Waals surface area (Å²) in [5.41, 5.74) is 0. The highest BCUT2D eigenvalue weighted by molar-refractivity contribution is 5.07. The Morgan fingerprint density at radius 3 is 0.786 bits per heavy atom. The van der Waals surface area contributed by atoms with Gasteiger partial charge in [0.1, 0.15) is 0 Å². The zero-order valence-corrected chi connectivity index (χ0v) is 37.0. The minimum absolute atomic E-state index is 0.928. The van der Waals surface area contributed by atoms with Gasteiger partial charge >= 0.3 is 0 Å². The zero-order valence-electron chi connectivity index (χ0n) is 37.0. The van der Waals surface area contributed by atoms with Crippen LogP contribution in [0.25, 0.3) is 0 Å². The van der Waals surface area contributed by atoms with Crippen LogP contribution in [0.4, 0.5) is 0 Å². The Kier molecular flexibility index (Phi) is 13.5. The van der Waals surface area contributed by atoms with Crippen molar-refractivity contribution in [3.05, 3.63) is 0 Å². The van der Waals surface area contributed by atoms with Crippen LogP contribution in [0.1, 0.15) is 244 Å². The monoisotopic (exact) mass is 769 g/mol. The number of nitrogens with zero attached hydrogens (tertiary/aromatic N) is 2. The molecule has 0 N–H and O–H groups in total. The van der Waals surface area contributed by atoms with Gasteiger partial charge in [-0.3, -0.25) is 9.80 Å². The molecule has 10 aliphatic rings. The summed E-state index contributed by atoms with van der Waals surface area (Å²) < 4.78 is 0. The normalized spacial score (nSPS) is 44.2. The summed E-state index contributed by atoms with van der Waals surface area (Å²) in [6.45, 7) is 0. The van der Waals surface area contributed by atoms with Gasteiger partial charge in [-0.2, -0.15) is 0 Å². The van der Waals surface area contributed by atoms with Crippen LogP contribution in [0.15, 0.2) is 0 Å². The van der Waals surface area contributed by atoms with Crippen molar-refractivity contribution in [2.75, 3.05) is 0 Å². The second-order valence-corrected chi connectivity index (χ2v) is 23.6. The lowest BCUT2D eigenvalue weighted by atomic mass is 9.42. The number of fused-ring (bicyclic) bond motifs is 5. The van der Waals surface area contributed by atoms with Crippen molar-refractivity contribution in [2.24, 2.45) is 59.2 Å². The van der Waals surface area contributed by atoms with Crippen molar-refractivity contribution in [2.45, 2.75) is 280 Å². The molecule has 0 aromatic heterocycles. The first kappa shape index (κ1) is 40.0. The Hall–Kier alpha value is -0.0800. The number of hydrogen-bond acceptors (Lipinski definition) is 2. The molecule has 8 unspecified atom stereocenters. The predicted molar refractivity (Wildman–Crippen MR) is 237 cm³/mol. The molecule has 8 atom stereocenters. The lowest BCUT2D eigenvalue weighted by Gasteiger charge is -2.63. The van der Waals surface area contributed by atoms with Crippen LogP contribution in [0.2, 0.25) is 0 Å². The lowest BCUT2D eigenvalue weighted by molar-refractivity contribution is -0.141. The number of rotatable bonds is 8. The summed E-state index contributed by atoms with van der Waals surface area (Å²) in [6, 6.07) is 5.60. The molecule has 0 spiro atoms. The summed E-state index contributed by atoms with van der Waals surface area (Å²) >= 11 is 0. The van der Waals surface area contributed by atoms with Crippen molar-refractivity contribution in [3.63, 3.8) is 0 Å². The van der Waals surface area contributed by atoms with E-state index in [2.05, 4.69) is 9.80 Å². The van der Waals surface area contributed by atoms with Gasteiger partial charge in [0.2, 0.25) is 0 Å². The first-order valence-electron chi connectivity index (χ1n) is 27.3. The van der Waals surface area contributed by atoms with Crippen LogP contribution in [0.3, 0.4) is 0 Å². The number of hydrogen-bond donors (Lipinski definition) is 0. The highest BCUT2D eigenvalue weighted by Crippen LogP contribution is 2.65. The second kappa shape index (κ2) is 18.9. The Morgan fingerprint density at radius 2 is 0.464 bits per heavy atom. The van der Waals surface area contributed by atoms with Gasteiger partial charge < -0.3 is 0 Å². The maximum absolute atomic E-state index is 3.28. The highest BCUT2D eigenvalue weighted by atomic mass is 15.2. The van der Waals surface area contributed by atoms with Gasteiger partial charge in [-0.1, -0.05) is 116 Å². The smallest absolute Gasteiger partial charge is 0.0101 e. The Labute approximate surface area is 348 Å². The summed E-state index contributed by atoms with van der Waals surface area (Å²) in [6.07, 6.45) is 59.2. The first-order chi connectivity index (χ1) is 27.8. The second-order valence-electron chi connectivity index (χ2n) is 23.6. The van der Waals surface area contributed by atoms with E-state index in [1.165, 1.54) is 128 Å². The fraction of sp³-hybridized carbons (Fsp3) is 1.00. The van der Waals surface area contributed by atoms with Gasteiger partial charge in [0.15, 0.2) is 0 Å². The molecule has 0 aromatic rings. The molecular formula is C54H92N2. The Morgan fingerprint density at radius 1 is 0.196 bits per heavy atom. The maximum Gasteiger partial charge on any atom is 0.0101 e. The van der Waals surface area contributed by atoms with E-state index in [9.17, 15) is 0 Å². The molecule has 2 nitrogen and oxygen atoms in total. The van der Waals surface area contributed by atoms with E-state index in [0.29, 0.717) is 0 Å². The summed E-state index contributed by atoms with van der Waals surface area (Å²) in [5, 5.41) is 0. The van der Waals surface area contributed by atoms with Gasteiger partial charge in [0, 0.05) is 36.3 Å². The first-order valence-corrected chi connectivity index (χ1v) is 27.3. The van der Waals surface area contributed by atoms with Crippen LogP contribution in [-0.4, -0.2) is 46.1 Å². The molecule has 0 aliphatic heterocycles. The van der Waals surface area contributed by atoms with Crippen molar-refractivity contribution in [1.29, 1.82) is 0 Å². The van der Waals surface area contributed by atoms with Crippen LogP contribution >= 0.6 is 0 Å². The fourth-order valence-corrected chi connectivity index (χ4v) is 18.8. The summed E-state index contributed by atoms with van der Waals surface area (Å²) in [4.78, 5) is 6.56. The highest BCUT2D eigenvalue weighted by Gasteiger charge is 2.58. The standard InChI is InChI=1S/C54H92N2/c1-5-19-43(20-6-1)55(44-21-7-2-8-22-44)47-33-29-39(30-34-47)51-37-41-17-13-16-28-50(41)54-52(38-42-18-14-15-27-49(42)53(51)54)40-31-35-48(36-32-40)56(45-23-9-3-10-24-45)46-25-11-4-12-26-46/h39-54H,1-38H2. The van der Waals surface area contributed by atoms with E-state index in [0.717, 1.165) is 95.4 Å². The van der Waals surface area contributed by atoms with E-state index >= 15 is 0 Å². The molecular weight excluding hydrogens is 677 g/mol. The SMILES string of the molecule is C1CCC(N(C2CCCCC2)C2CCC(C3CC4CCCCC4C4C(C5CCC(N(C6CCCCC6)C6CCCCC6)CC5)CC5CCCCC5C34)CC2)CC1.